The van der Waals surface area contributed by atoms with Gasteiger partial charge in [-0.05, 0) is 38.4 Å². The second-order valence-electron chi connectivity index (χ2n) is 4.03. The molecule has 1 saturated heterocycles. The number of hydrogen-bond acceptors (Lipinski definition) is 3. The van der Waals surface area contributed by atoms with E-state index >= 15 is 0 Å². The molecule has 2 aromatic rings. The summed E-state index contributed by atoms with van der Waals surface area (Å²) in [6, 6.07) is 6.62. The van der Waals surface area contributed by atoms with Gasteiger partial charge in [0.2, 0.25) is 0 Å². The Balaban J connectivity index is 2.16. The van der Waals surface area contributed by atoms with Crippen LogP contribution in [0.4, 0.5) is 0 Å². The Labute approximate surface area is 88.3 Å². The number of fused-ring (bicyclic) bond motifs is 1. The second kappa shape index (κ2) is 3.31. The number of aromatic nitrogens is 3. The van der Waals surface area contributed by atoms with Gasteiger partial charge in [-0.2, -0.15) is 5.10 Å². The number of pyridine rings is 1. The number of aryl methyl sites for hydroxylation is 1. The Morgan fingerprint density at radius 3 is 3.20 bits per heavy atom. The minimum Gasteiger partial charge on any atom is -0.309 e. The van der Waals surface area contributed by atoms with Crippen LogP contribution in [0.1, 0.15) is 30.4 Å². The third-order valence-electron chi connectivity index (χ3n) is 2.91. The predicted molar refractivity (Wildman–Crippen MR) is 57.7 cm³/mol. The van der Waals surface area contributed by atoms with Crippen molar-refractivity contribution in [2.45, 2.75) is 25.8 Å². The zero-order chi connectivity index (χ0) is 10.3. The molecule has 4 heteroatoms. The topological polar surface area (TPSA) is 42.2 Å². The van der Waals surface area contributed by atoms with Crippen LogP contribution in [0.2, 0.25) is 0 Å². The first-order valence-corrected chi connectivity index (χ1v) is 5.40. The molecule has 3 rings (SSSR count). The zero-order valence-corrected chi connectivity index (χ0v) is 8.77. The summed E-state index contributed by atoms with van der Waals surface area (Å²) in [5.41, 5.74) is 2.17. The summed E-state index contributed by atoms with van der Waals surface area (Å²) in [5, 5.41) is 7.91. The van der Waals surface area contributed by atoms with Crippen molar-refractivity contribution in [1.82, 2.24) is 19.9 Å². The molecule has 1 N–H and O–H groups in total. The molecular formula is C11H14N4. The highest BCUT2D eigenvalue weighted by atomic mass is 15.3. The summed E-state index contributed by atoms with van der Waals surface area (Å²) >= 11 is 0. The van der Waals surface area contributed by atoms with Gasteiger partial charge < -0.3 is 5.32 Å². The SMILES string of the molecule is Cc1nc2cccc(C3CCCN3)n2n1. The van der Waals surface area contributed by atoms with E-state index in [9.17, 15) is 0 Å². The van der Waals surface area contributed by atoms with E-state index in [-0.39, 0.29) is 0 Å². The van der Waals surface area contributed by atoms with Crippen LogP contribution >= 0.6 is 0 Å². The van der Waals surface area contributed by atoms with E-state index in [1.807, 2.05) is 17.5 Å². The van der Waals surface area contributed by atoms with Crippen LogP contribution in [0.5, 0.6) is 0 Å². The van der Waals surface area contributed by atoms with Gasteiger partial charge in [0, 0.05) is 6.04 Å². The molecule has 0 saturated carbocycles. The lowest BCUT2D eigenvalue weighted by molar-refractivity contribution is 0.605. The molecule has 15 heavy (non-hydrogen) atoms. The molecule has 78 valence electrons. The maximum Gasteiger partial charge on any atom is 0.155 e. The molecule has 2 aromatic heterocycles. The fourth-order valence-corrected chi connectivity index (χ4v) is 2.23. The fraction of sp³-hybridized carbons (Fsp3) is 0.455. The van der Waals surface area contributed by atoms with Crippen molar-refractivity contribution in [3.05, 3.63) is 29.7 Å². The van der Waals surface area contributed by atoms with E-state index in [2.05, 4.69) is 27.5 Å². The van der Waals surface area contributed by atoms with Crippen molar-refractivity contribution < 1.29 is 0 Å². The number of nitrogens with one attached hydrogen (secondary N) is 1. The van der Waals surface area contributed by atoms with Crippen LogP contribution in [0.15, 0.2) is 18.2 Å². The Hall–Kier alpha value is -1.42. The Morgan fingerprint density at radius 2 is 2.40 bits per heavy atom. The summed E-state index contributed by atoms with van der Waals surface area (Å²) in [6.45, 7) is 3.04. The largest absolute Gasteiger partial charge is 0.309 e. The van der Waals surface area contributed by atoms with E-state index in [0.717, 1.165) is 18.0 Å². The quantitative estimate of drug-likeness (QED) is 0.761. The number of hydrogen-bond donors (Lipinski definition) is 1. The summed E-state index contributed by atoms with van der Waals surface area (Å²) in [6.07, 6.45) is 2.44. The fourth-order valence-electron chi connectivity index (χ4n) is 2.23. The lowest BCUT2D eigenvalue weighted by atomic mass is 10.1. The van der Waals surface area contributed by atoms with Gasteiger partial charge in [-0.15, -0.1) is 0 Å². The van der Waals surface area contributed by atoms with Crippen molar-refractivity contribution >= 4 is 5.65 Å². The highest BCUT2D eigenvalue weighted by Crippen LogP contribution is 2.22. The Bertz CT molecular complexity index is 482. The van der Waals surface area contributed by atoms with Gasteiger partial charge in [0.15, 0.2) is 5.65 Å². The van der Waals surface area contributed by atoms with E-state index < -0.39 is 0 Å². The van der Waals surface area contributed by atoms with Crippen molar-refractivity contribution in [1.29, 1.82) is 0 Å². The Kier molecular flexibility index (Phi) is 1.95. The minimum absolute atomic E-state index is 0.440. The van der Waals surface area contributed by atoms with Gasteiger partial charge in [-0.25, -0.2) is 9.50 Å². The summed E-state index contributed by atoms with van der Waals surface area (Å²) < 4.78 is 1.96. The highest BCUT2D eigenvalue weighted by molar-refractivity contribution is 5.39. The molecule has 0 bridgehead atoms. The van der Waals surface area contributed by atoms with Gasteiger partial charge in [0.1, 0.15) is 5.82 Å². The second-order valence-corrected chi connectivity index (χ2v) is 4.03. The summed E-state index contributed by atoms with van der Waals surface area (Å²) in [4.78, 5) is 4.37. The van der Waals surface area contributed by atoms with Gasteiger partial charge in [-0.1, -0.05) is 6.07 Å². The molecule has 3 heterocycles. The molecule has 4 nitrogen and oxygen atoms in total. The summed E-state index contributed by atoms with van der Waals surface area (Å²) in [5.74, 6) is 0.834. The first-order chi connectivity index (χ1) is 7.34. The molecule has 0 radical (unpaired) electrons. The molecule has 0 amide bonds. The first-order valence-electron chi connectivity index (χ1n) is 5.40. The average molecular weight is 202 g/mol. The average Bonchev–Trinajstić information content (AvgIpc) is 2.82. The standard InChI is InChI=1S/C11H14N4/c1-8-13-11-6-2-5-10(15(11)14-8)9-4-3-7-12-9/h2,5-6,9,12H,3-4,7H2,1H3. The molecule has 1 aliphatic heterocycles. The zero-order valence-electron chi connectivity index (χ0n) is 8.77. The van der Waals surface area contributed by atoms with Crippen LogP contribution in [-0.2, 0) is 0 Å². The Morgan fingerprint density at radius 1 is 1.47 bits per heavy atom. The van der Waals surface area contributed by atoms with Crippen LogP contribution in [0, 0.1) is 6.92 Å². The lowest BCUT2D eigenvalue weighted by Crippen LogP contribution is -2.16. The lowest BCUT2D eigenvalue weighted by Gasteiger charge is -2.11. The van der Waals surface area contributed by atoms with E-state index in [1.54, 1.807) is 0 Å². The molecule has 0 aromatic carbocycles. The van der Waals surface area contributed by atoms with E-state index in [4.69, 9.17) is 0 Å². The van der Waals surface area contributed by atoms with Crippen LogP contribution in [0.3, 0.4) is 0 Å². The van der Waals surface area contributed by atoms with Gasteiger partial charge in [0.05, 0.1) is 5.69 Å². The van der Waals surface area contributed by atoms with Crippen LogP contribution in [0.25, 0.3) is 5.65 Å². The maximum absolute atomic E-state index is 4.42. The molecule has 0 aliphatic carbocycles. The smallest absolute Gasteiger partial charge is 0.155 e. The van der Waals surface area contributed by atoms with Crippen molar-refractivity contribution in [3.8, 4) is 0 Å². The highest BCUT2D eigenvalue weighted by Gasteiger charge is 2.19. The van der Waals surface area contributed by atoms with Crippen molar-refractivity contribution in [3.63, 3.8) is 0 Å². The number of rotatable bonds is 1. The van der Waals surface area contributed by atoms with Gasteiger partial charge >= 0.3 is 0 Å². The third kappa shape index (κ3) is 1.41. The first kappa shape index (κ1) is 8.85. The molecule has 1 fully saturated rings. The summed E-state index contributed by atoms with van der Waals surface area (Å²) in [7, 11) is 0. The molecular weight excluding hydrogens is 188 g/mol. The minimum atomic E-state index is 0.440. The normalized spacial score (nSPS) is 21.3. The monoisotopic (exact) mass is 202 g/mol. The van der Waals surface area contributed by atoms with E-state index in [1.165, 1.54) is 18.5 Å². The molecule has 1 unspecified atom stereocenters. The van der Waals surface area contributed by atoms with Gasteiger partial charge in [-0.3, -0.25) is 0 Å². The van der Waals surface area contributed by atoms with Crippen LogP contribution < -0.4 is 5.32 Å². The molecule has 1 atom stereocenters. The third-order valence-corrected chi connectivity index (χ3v) is 2.91. The number of nitrogens with zero attached hydrogens (tertiary/aromatic N) is 3. The van der Waals surface area contributed by atoms with E-state index in [0.29, 0.717) is 6.04 Å². The van der Waals surface area contributed by atoms with Crippen molar-refractivity contribution in [2.24, 2.45) is 0 Å². The van der Waals surface area contributed by atoms with Crippen LogP contribution in [-0.4, -0.2) is 21.1 Å². The van der Waals surface area contributed by atoms with Gasteiger partial charge in [0.25, 0.3) is 0 Å². The molecule has 0 spiro atoms. The van der Waals surface area contributed by atoms with Crippen molar-refractivity contribution in [2.75, 3.05) is 6.54 Å². The maximum atomic E-state index is 4.42. The molecule has 1 aliphatic rings. The predicted octanol–water partition coefficient (Wildman–Crippen LogP) is 1.46.